The van der Waals surface area contributed by atoms with Gasteiger partial charge in [0.05, 0.1) is 18.3 Å². The van der Waals surface area contributed by atoms with Crippen LogP contribution in [0.25, 0.3) is 0 Å². The molecule has 1 atom stereocenters. The summed E-state index contributed by atoms with van der Waals surface area (Å²) >= 11 is 0. The summed E-state index contributed by atoms with van der Waals surface area (Å²) in [5.41, 5.74) is 0.632. The van der Waals surface area contributed by atoms with Crippen LogP contribution in [0, 0.1) is 0 Å². The first-order valence-corrected chi connectivity index (χ1v) is 10.3. The lowest BCUT2D eigenvalue weighted by molar-refractivity contribution is 0.0764. The van der Waals surface area contributed by atoms with E-state index in [0.717, 1.165) is 44.8 Å². The summed E-state index contributed by atoms with van der Waals surface area (Å²) in [6.45, 7) is 9.30. The van der Waals surface area contributed by atoms with Gasteiger partial charge in [-0.2, -0.15) is 0 Å². The fourth-order valence-electron chi connectivity index (χ4n) is 4.03. The molecule has 1 aromatic heterocycles. The number of piperidine rings is 1. The van der Waals surface area contributed by atoms with Crippen LogP contribution in [0.4, 0.5) is 4.79 Å². The number of hydrogen-bond donors (Lipinski definition) is 1. The van der Waals surface area contributed by atoms with Crippen molar-refractivity contribution in [2.75, 3.05) is 32.8 Å². The number of ether oxygens (including phenoxy) is 1. The van der Waals surface area contributed by atoms with Gasteiger partial charge in [0.25, 0.3) is 0 Å². The van der Waals surface area contributed by atoms with Gasteiger partial charge in [0.2, 0.25) is 0 Å². The van der Waals surface area contributed by atoms with Gasteiger partial charge in [-0.25, -0.2) is 4.79 Å². The number of rotatable bonds is 7. The molecule has 6 heteroatoms. The quantitative estimate of drug-likeness (QED) is 0.797. The van der Waals surface area contributed by atoms with Crippen LogP contribution in [0.1, 0.15) is 51.6 Å². The Balaban J connectivity index is 1.61. The maximum atomic E-state index is 13.1. The maximum Gasteiger partial charge on any atom is 0.318 e. The van der Waals surface area contributed by atoms with Crippen molar-refractivity contribution >= 4 is 6.03 Å². The average Bonchev–Trinajstić information content (AvgIpc) is 3.15. The Morgan fingerprint density at radius 3 is 2.78 bits per heavy atom. The Morgan fingerprint density at radius 2 is 2.11 bits per heavy atom. The monoisotopic (exact) mass is 374 g/mol. The summed E-state index contributed by atoms with van der Waals surface area (Å²) in [6.07, 6.45) is 7.84. The van der Waals surface area contributed by atoms with E-state index in [-0.39, 0.29) is 17.7 Å². The van der Waals surface area contributed by atoms with Crippen LogP contribution >= 0.6 is 0 Å². The third kappa shape index (κ3) is 6.47. The van der Waals surface area contributed by atoms with E-state index in [1.807, 2.05) is 23.1 Å². The van der Waals surface area contributed by atoms with E-state index < -0.39 is 0 Å². The predicted octanol–water partition coefficient (Wildman–Crippen LogP) is 3.04. The van der Waals surface area contributed by atoms with Crippen LogP contribution in [0.3, 0.4) is 0 Å². The zero-order valence-corrected chi connectivity index (χ0v) is 16.8. The van der Waals surface area contributed by atoms with E-state index in [1.54, 1.807) is 6.20 Å². The van der Waals surface area contributed by atoms with Gasteiger partial charge in [-0.3, -0.25) is 4.98 Å². The van der Waals surface area contributed by atoms with Crippen molar-refractivity contribution in [2.45, 2.75) is 64.1 Å². The van der Waals surface area contributed by atoms with E-state index in [0.29, 0.717) is 13.1 Å². The number of hydrogen-bond acceptors (Lipinski definition) is 4. The highest BCUT2D eigenvalue weighted by Gasteiger charge is 2.29. The summed E-state index contributed by atoms with van der Waals surface area (Å²) in [7, 11) is 0. The SMILES string of the molecule is CC(C)(CN1CCCCC1)NC(=O)N(Cc1ccccn1)CC1CCCO1. The highest BCUT2D eigenvalue weighted by atomic mass is 16.5. The molecular weight excluding hydrogens is 340 g/mol. The second-order valence-electron chi connectivity index (χ2n) is 8.49. The van der Waals surface area contributed by atoms with Gasteiger partial charge in [0.1, 0.15) is 0 Å². The Kier molecular flexibility index (Phi) is 7.07. The molecule has 1 unspecified atom stereocenters. The lowest BCUT2D eigenvalue weighted by Gasteiger charge is -2.37. The molecule has 2 aliphatic heterocycles. The zero-order chi connectivity index (χ0) is 19.1. The number of amides is 2. The molecule has 2 saturated heterocycles. The van der Waals surface area contributed by atoms with Crippen molar-refractivity contribution in [2.24, 2.45) is 0 Å². The minimum absolute atomic E-state index is 0.0295. The molecule has 6 nitrogen and oxygen atoms in total. The molecule has 0 radical (unpaired) electrons. The molecule has 3 heterocycles. The number of nitrogens with zero attached hydrogens (tertiary/aromatic N) is 3. The molecule has 27 heavy (non-hydrogen) atoms. The number of nitrogens with one attached hydrogen (secondary N) is 1. The Hall–Kier alpha value is -1.66. The molecule has 1 aromatic rings. The summed E-state index contributed by atoms with van der Waals surface area (Å²) < 4.78 is 5.77. The van der Waals surface area contributed by atoms with Gasteiger partial charge in [-0.1, -0.05) is 12.5 Å². The van der Waals surface area contributed by atoms with Gasteiger partial charge < -0.3 is 19.9 Å². The second kappa shape index (κ2) is 9.51. The van der Waals surface area contributed by atoms with E-state index in [4.69, 9.17) is 4.74 Å². The van der Waals surface area contributed by atoms with E-state index in [1.165, 1.54) is 19.3 Å². The molecule has 3 rings (SSSR count). The highest BCUT2D eigenvalue weighted by Crippen LogP contribution is 2.17. The first kappa shape index (κ1) is 20.1. The Labute approximate surface area is 163 Å². The molecular formula is C21H34N4O2. The zero-order valence-electron chi connectivity index (χ0n) is 16.8. The minimum atomic E-state index is -0.271. The molecule has 1 N–H and O–H groups in total. The van der Waals surface area contributed by atoms with Gasteiger partial charge in [0, 0.05) is 31.4 Å². The van der Waals surface area contributed by atoms with E-state index in [2.05, 4.69) is 29.0 Å². The van der Waals surface area contributed by atoms with Gasteiger partial charge in [0.15, 0.2) is 0 Å². The standard InChI is InChI=1S/C21H34N4O2/c1-21(2,17-24-12-6-3-7-13-24)23-20(26)25(16-19-10-8-14-27-19)15-18-9-4-5-11-22-18/h4-5,9,11,19H,3,6-8,10,12-17H2,1-2H3,(H,23,26). The fourth-order valence-corrected chi connectivity index (χ4v) is 4.03. The van der Waals surface area contributed by atoms with Crippen LogP contribution in [0.2, 0.25) is 0 Å². The van der Waals surface area contributed by atoms with Crippen LogP contribution in [-0.4, -0.2) is 65.2 Å². The molecule has 0 aliphatic carbocycles. The maximum absolute atomic E-state index is 13.1. The van der Waals surface area contributed by atoms with Crippen LogP contribution < -0.4 is 5.32 Å². The Bertz CT molecular complexity index is 581. The molecule has 2 aliphatic rings. The molecule has 150 valence electrons. The Morgan fingerprint density at radius 1 is 1.30 bits per heavy atom. The van der Waals surface area contributed by atoms with Crippen LogP contribution in [-0.2, 0) is 11.3 Å². The lowest BCUT2D eigenvalue weighted by Crippen LogP contribution is -2.56. The molecule has 2 amide bonds. The molecule has 0 saturated carbocycles. The van der Waals surface area contributed by atoms with Crippen LogP contribution in [0.15, 0.2) is 24.4 Å². The highest BCUT2D eigenvalue weighted by molar-refractivity contribution is 5.75. The van der Waals surface area contributed by atoms with Crippen molar-refractivity contribution in [3.63, 3.8) is 0 Å². The summed E-state index contributed by atoms with van der Waals surface area (Å²) in [4.78, 5) is 21.8. The van der Waals surface area contributed by atoms with Crippen molar-refractivity contribution in [1.82, 2.24) is 20.1 Å². The minimum Gasteiger partial charge on any atom is -0.376 e. The van der Waals surface area contributed by atoms with Crippen molar-refractivity contribution in [3.05, 3.63) is 30.1 Å². The normalized spacial score (nSPS) is 21.2. The number of aromatic nitrogens is 1. The number of urea groups is 1. The number of pyridine rings is 1. The number of carbonyl (C=O) groups is 1. The predicted molar refractivity (Wildman–Crippen MR) is 107 cm³/mol. The largest absolute Gasteiger partial charge is 0.376 e. The number of carbonyl (C=O) groups excluding carboxylic acids is 1. The molecule has 0 aromatic carbocycles. The smallest absolute Gasteiger partial charge is 0.318 e. The summed E-state index contributed by atoms with van der Waals surface area (Å²) in [5.74, 6) is 0. The molecule has 0 bridgehead atoms. The first-order valence-electron chi connectivity index (χ1n) is 10.3. The van der Waals surface area contributed by atoms with Gasteiger partial charge >= 0.3 is 6.03 Å². The topological polar surface area (TPSA) is 57.7 Å². The average molecular weight is 375 g/mol. The number of likely N-dealkylation sites (tertiary alicyclic amines) is 1. The summed E-state index contributed by atoms with van der Waals surface area (Å²) in [6, 6.07) is 5.80. The third-order valence-corrected chi connectivity index (χ3v) is 5.33. The van der Waals surface area contributed by atoms with Gasteiger partial charge in [-0.15, -0.1) is 0 Å². The van der Waals surface area contributed by atoms with Crippen LogP contribution in [0.5, 0.6) is 0 Å². The first-order chi connectivity index (χ1) is 13.0. The van der Waals surface area contributed by atoms with Crippen molar-refractivity contribution in [3.8, 4) is 0 Å². The summed E-state index contributed by atoms with van der Waals surface area (Å²) in [5, 5.41) is 3.26. The van der Waals surface area contributed by atoms with E-state index in [9.17, 15) is 4.79 Å². The van der Waals surface area contributed by atoms with E-state index >= 15 is 0 Å². The van der Waals surface area contributed by atoms with Gasteiger partial charge in [-0.05, 0) is 64.8 Å². The lowest BCUT2D eigenvalue weighted by atomic mass is 10.0. The van der Waals surface area contributed by atoms with Crippen molar-refractivity contribution < 1.29 is 9.53 Å². The molecule has 2 fully saturated rings. The third-order valence-electron chi connectivity index (χ3n) is 5.33. The van der Waals surface area contributed by atoms with Crippen molar-refractivity contribution in [1.29, 1.82) is 0 Å². The molecule has 0 spiro atoms. The second-order valence-corrected chi connectivity index (χ2v) is 8.49. The fraction of sp³-hybridized carbons (Fsp3) is 0.714.